The van der Waals surface area contributed by atoms with E-state index in [1.54, 1.807) is 13.8 Å². The maximum absolute atomic E-state index is 14.7. The SMILES string of the molecule is CCCS(=O)(=O)Nc1ccc(F)c(NC(=O)C2CNc3c(C)ncnc32)c1F. The van der Waals surface area contributed by atoms with Crippen LogP contribution < -0.4 is 15.4 Å². The number of halogens is 2. The number of carbonyl (C=O) groups excluding carboxylic acids is 1. The van der Waals surface area contributed by atoms with Crippen molar-refractivity contribution in [2.45, 2.75) is 26.2 Å². The molecular formula is C17H19F2N5O3S. The first kappa shape index (κ1) is 19.9. The number of nitrogens with zero attached hydrogens (tertiary/aromatic N) is 2. The molecule has 1 unspecified atom stereocenters. The highest BCUT2D eigenvalue weighted by atomic mass is 32.2. The normalized spacial score (nSPS) is 15.6. The third-order valence-electron chi connectivity index (χ3n) is 4.27. The fraction of sp³-hybridized carbons (Fsp3) is 0.353. The average molecular weight is 411 g/mol. The molecule has 0 saturated carbocycles. The van der Waals surface area contributed by atoms with Gasteiger partial charge < -0.3 is 10.6 Å². The Morgan fingerprint density at radius 1 is 1.32 bits per heavy atom. The quantitative estimate of drug-likeness (QED) is 0.673. The molecule has 0 spiro atoms. The molecule has 1 aliphatic rings. The molecule has 2 aromatic rings. The Hall–Kier alpha value is -2.82. The molecule has 1 aliphatic heterocycles. The lowest BCUT2D eigenvalue weighted by atomic mass is 10.1. The van der Waals surface area contributed by atoms with Gasteiger partial charge in [-0.05, 0) is 25.5 Å². The molecule has 1 aromatic heterocycles. The van der Waals surface area contributed by atoms with Crippen molar-refractivity contribution in [2.24, 2.45) is 0 Å². The summed E-state index contributed by atoms with van der Waals surface area (Å²) in [5.41, 5.74) is 0.550. The van der Waals surface area contributed by atoms with Crippen LogP contribution in [0.1, 0.15) is 30.7 Å². The third-order valence-corrected chi connectivity index (χ3v) is 5.75. The Morgan fingerprint density at radius 3 is 2.79 bits per heavy atom. The lowest BCUT2D eigenvalue weighted by Crippen LogP contribution is -2.25. The van der Waals surface area contributed by atoms with Crippen LogP contribution in [0.4, 0.5) is 25.8 Å². The highest BCUT2D eigenvalue weighted by Gasteiger charge is 2.32. The van der Waals surface area contributed by atoms with E-state index in [4.69, 9.17) is 0 Å². The van der Waals surface area contributed by atoms with Gasteiger partial charge in [0.25, 0.3) is 0 Å². The predicted molar refractivity (Wildman–Crippen MR) is 101 cm³/mol. The van der Waals surface area contributed by atoms with E-state index >= 15 is 0 Å². The summed E-state index contributed by atoms with van der Waals surface area (Å²) in [6.07, 6.45) is 1.64. The van der Waals surface area contributed by atoms with Gasteiger partial charge in [0.05, 0.1) is 34.4 Å². The summed E-state index contributed by atoms with van der Waals surface area (Å²) >= 11 is 0. The van der Waals surface area contributed by atoms with Crippen LogP contribution in [-0.4, -0.2) is 36.6 Å². The van der Waals surface area contributed by atoms with Crippen molar-refractivity contribution in [1.29, 1.82) is 0 Å². The lowest BCUT2D eigenvalue weighted by Gasteiger charge is -2.15. The number of sulfonamides is 1. The molecule has 0 saturated heterocycles. The van der Waals surface area contributed by atoms with Crippen molar-refractivity contribution >= 4 is 33.0 Å². The topological polar surface area (TPSA) is 113 Å². The largest absolute Gasteiger partial charge is 0.381 e. The summed E-state index contributed by atoms with van der Waals surface area (Å²) in [7, 11) is -3.78. The van der Waals surface area contributed by atoms with Gasteiger partial charge in [0.1, 0.15) is 17.8 Å². The molecule has 150 valence electrons. The first-order valence-corrected chi connectivity index (χ1v) is 10.2. The number of aryl methyl sites for hydroxylation is 1. The molecule has 8 nitrogen and oxygen atoms in total. The zero-order valence-corrected chi connectivity index (χ0v) is 16.0. The minimum Gasteiger partial charge on any atom is -0.381 e. The van der Waals surface area contributed by atoms with E-state index in [9.17, 15) is 22.0 Å². The van der Waals surface area contributed by atoms with E-state index in [-0.39, 0.29) is 12.3 Å². The zero-order chi connectivity index (χ0) is 20.5. The Kier molecular flexibility index (Phi) is 5.45. The number of anilines is 3. The molecule has 2 heterocycles. The summed E-state index contributed by atoms with van der Waals surface area (Å²) in [6.45, 7) is 3.61. The molecular weight excluding hydrogens is 392 g/mol. The monoisotopic (exact) mass is 411 g/mol. The first-order valence-electron chi connectivity index (χ1n) is 8.58. The summed E-state index contributed by atoms with van der Waals surface area (Å²) in [5.74, 6) is -3.87. The summed E-state index contributed by atoms with van der Waals surface area (Å²) < 4.78 is 54.6. The van der Waals surface area contributed by atoms with Crippen molar-refractivity contribution in [3.05, 3.63) is 41.5 Å². The molecule has 0 radical (unpaired) electrons. The van der Waals surface area contributed by atoms with Gasteiger partial charge in [-0.1, -0.05) is 6.92 Å². The molecule has 11 heteroatoms. The Labute approximate surface area is 160 Å². The fourth-order valence-electron chi connectivity index (χ4n) is 2.94. The molecule has 0 fully saturated rings. The number of nitrogens with one attached hydrogen (secondary N) is 3. The van der Waals surface area contributed by atoms with Crippen LogP contribution >= 0.6 is 0 Å². The number of amides is 1. The number of benzene rings is 1. The van der Waals surface area contributed by atoms with Gasteiger partial charge in [-0.2, -0.15) is 0 Å². The smallest absolute Gasteiger partial charge is 0.235 e. The molecule has 3 rings (SSSR count). The minimum absolute atomic E-state index is 0.201. The Bertz CT molecular complexity index is 1030. The third kappa shape index (κ3) is 3.88. The van der Waals surface area contributed by atoms with Gasteiger partial charge in [-0.15, -0.1) is 0 Å². The van der Waals surface area contributed by atoms with Crippen LogP contribution in [0.5, 0.6) is 0 Å². The van der Waals surface area contributed by atoms with Gasteiger partial charge in [-0.3, -0.25) is 9.52 Å². The highest BCUT2D eigenvalue weighted by molar-refractivity contribution is 7.92. The zero-order valence-electron chi connectivity index (χ0n) is 15.2. The minimum atomic E-state index is -3.78. The number of aromatic nitrogens is 2. The van der Waals surface area contributed by atoms with Crippen LogP contribution in [-0.2, 0) is 14.8 Å². The van der Waals surface area contributed by atoms with Gasteiger partial charge >= 0.3 is 0 Å². The summed E-state index contributed by atoms with van der Waals surface area (Å²) in [6, 6.07) is 1.85. The van der Waals surface area contributed by atoms with Crippen LogP contribution in [0.2, 0.25) is 0 Å². The second-order valence-corrected chi connectivity index (χ2v) is 8.19. The Balaban J connectivity index is 1.86. The van der Waals surface area contributed by atoms with Gasteiger partial charge in [0, 0.05) is 6.54 Å². The van der Waals surface area contributed by atoms with Crippen LogP contribution in [0.15, 0.2) is 18.5 Å². The number of fused-ring (bicyclic) bond motifs is 1. The molecule has 3 N–H and O–H groups in total. The molecule has 28 heavy (non-hydrogen) atoms. The standard InChI is InChI=1S/C17H19F2N5O3S/c1-3-6-28(26,27)24-12-5-4-11(18)16(13(12)19)23-17(25)10-7-20-14-9(2)21-8-22-15(10)14/h4-5,8,10,20,24H,3,6-7H2,1-2H3,(H,23,25). The molecule has 0 bridgehead atoms. The fourth-order valence-corrected chi connectivity index (χ4v) is 4.07. The maximum atomic E-state index is 14.7. The van der Waals surface area contributed by atoms with E-state index in [1.807, 2.05) is 0 Å². The highest BCUT2D eigenvalue weighted by Crippen LogP contribution is 2.33. The number of hydrogen-bond donors (Lipinski definition) is 3. The number of hydrogen-bond acceptors (Lipinski definition) is 6. The van der Waals surface area contributed by atoms with Gasteiger partial charge in [0.2, 0.25) is 15.9 Å². The van der Waals surface area contributed by atoms with Crippen LogP contribution in [0.3, 0.4) is 0 Å². The van der Waals surface area contributed by atoms with Crippen molar-refractivity contribution in [3.63, 3.8) is 0 Å². The van der Waals surface area contributed by atoms with Crippen molar-refractivity contribution in [3.8, 4) is 0 Å². The lowest BCUT2D eigenvalue weighted by molar-refractivity contribution is -0.117. The van der Waals surface area contributed by atoms with Crippen LogP contribution in [0, 0.1) is 18.6 Å². The summed E-state index contributed by atoms with van der Waals surface area (Å²) in [4.78, 5) is 20.7. The molecule has 1 atom stereocenters. The van der Waals surface area contributed by atoms with Crippen molar-refractivity contribution in [2.75, 3.05) is 27.7 Å². The average Bonchev–Trinajstić information content (AvgIpc) is 3.06. The van der Waals surface area contributed by atoms with Gasteiger partial charge in [0.15, 0.2) is 5.82 Å². The van der Waals surface area contributed by atoms with Crippen molar-refractivity contribution in [1.82, 2.24) is 9.97 Å². The molecule has 1 amide bonds. The molecule has 0 aliphatic carbocycles. The van der Waals surface area contributed by atoms with Crippen molar-refractivity contribution < 1.29 is 22.0 Å². The second-order valence-electron chi connectivity index (χ2n) is 6.35. The van der Waals surface area contributed by atoms with E-state index in [0.29, 0.717) is 23.5 Å². The first-order chi connectivity index (χ1) is 13.2. The number of carbonyl (C=O) groups is 1. The second kappa shape index (κ2) is 7.66. The predicted octanol–water partition coefficient (Wildman–Crippen LogP) is 2.36. The van der Waals surface area contributed by atoms with E-state index in [2.05, 4.69) is 25.3 Å². The van der Waals surface area contributed by atoms with E-state index in [0.717, 1.165) is 12.1 Å². The summed E-state index contributed by atoms with van der Waals surface area (Å²) in [5, 5.41) is 5.22. The number of rotatable bonds is 6. The van der Waals surface area contributed by atoms with E-state index < -0.39 is 44.9 Å². The molecule has 1 aromatic carbocycles. The van der Waals surface area contributed by atoms with Crippen LogP contribution in [0.25, 0.3) is 0 Å². The maximum Gasteiger partial charge on any atom is 0.235 e. The van der Waals surface area contributed by atoms with Gasteiger partial charge in [-0.25, -0.2) is 27.2 Å². The Morgan fingerprint density at radius 2 is 2.07 bits per heavy atom. The van der Waals surface area contributed by atoms with E-state index in [1.165, 1.54) is 6.33 Å².